The first kappa shape index (κ1) is 36.7. The molecule has 0 saturated carbocycles. The number of esters is 4. The Hall–Kier alpha value is -6.28. The van der Waals surface area contributed by atoms with Crippen molar-refractivity contribution in [2.24, 2.45) is 0 Å². The average Bonchev–Trinajstić information content (AvgIpc) is 3.23. The molecule has 0 fully saturated rings. The first-order chi connectivity index (χ1) is 27.3. The van der Waals surface area contributed by atoms with E-state index in [1.807, 2.05) is 100 Å². The van der Waals surface area contributed by atoms with E-state index < -0.39 is 23.9 Å². The number of carbonyl (C=O) groups excluding carboxylic acids is 4. The smallest absolute Gasteiger partial charge is 0.339 e. The predicted molar refractivity (Wildman–Crippen MR) is 222 cm³/mol. The van der Waals surface area contributed by atoms with Gasteiger partial charge in [0.25, 0.3) is 0 Å². The summed E-state index contributed by atoms with van der Waals surface area (Å²) in [5.74, 6) is -2.38. The Morgan fingerprint density at radius 1 is 0.357 bits per heavy atom. The van der Waals surface area contributed by atoms with Crippen molar-refractivity contribution in [3.8, 4) is 0 Å². The maximum absolute atomic E-state index is 14.3. The Morgan fingerprint density at radius 2 is 0.679 bits per heavy atom. The van der Waals surface area contributed by atoms with Gasteiger partial charge in [0.2, 0.25) is 0 Å². The Morgan fingerprint density at radius 3 is 1.02 bits per heavy atom. The molecule has 0 N–H and O–H groups in total. The second kappa shape index (κ2) is 15.1. The van der Waals surface area contributed by atoms with Gasteiger partial charge in [-0.3, -0.25) is 0 Å². The van der Waals surface area contributed by atoms with Gasteiger partial charge in [0.15, 0.2) is 0 Å². The van der Waals surface area contributed by atoms with E-state index in [1.54, 1.807) is 0 Å². The summed E-state index contributed by atoms with van der Waals surface area (Å²) >= 11 is 0. The van der Waals surface area contributed by atoms with Gasteiger partial charge in [-0.15, -0.1) is 0 Å². The Labute approximate surface area is 323 Å². The van der Waals surface area contributed by atoms with Crippen LogP contribution in [-0.2, 0) is 18.9 Å². The topological polar surface area (TPSA) is 105 Å². The summed E-state index contributed by atoms with van der Waals surface area (Å²) in [5.41, 5.74) is 0.662. The Bertz CT molecular complexity index is 2690. The monoisotopic (exact) mass is 746 g/mol. The minimum absolute atomic E-state index is 0.159. The van der Waals surface area contributed by atoms with E-state index in [0.29, 0.717) is 47.2 Å². The molecule has 8 rings (SSSR count). The highest BCUT2D eigenvalue weighted by Gasteiger charge is 2.31. The van der Waals surface area contributed by atoms with Crippen LogP contribution >= 0.6 is 0 Å². The van der Waals surface area contributed by atoms with Gasteiger partial charge in [0, 0.05) is 10.8 Å². The van der Waals surface area contributed by atoms with E-state index in [-0.39, 0.29) is 48.7 Å². The van der Waals surface area contributed by atoms with E-state index in [0.717, 1.165) is 53.9 Å². The molecule has 0 atom stereocenters. The molecule has 282 valence electrons. The van der Waals surface area contributed by atoms with Gasteiger partial charge >= 0.3 is 23.9 Å². The Kier molecular flexibility index (Phi) is 9.89. The summed E-state index contributed by atoms with van der Waals surface area (Å²) in [6.07, 6.45) is 2.45. The molecule has 0 aromatic heterocycles. The van der Waals surface area contributed by atoms with Crippen LogP contribution in [0.25, 0.3) is 75.4 Å². The summed E-state index contributed by atoms with van der Waals surface area (Å²) in [5, 5.41) is 10.6. The number of carbonyl (C=O) groups is 4. The first-order valence-electron chi connectivity index (χ1n) is 19.5. The largest absolute Gasteiger partial charge is 0.462 e. The van der Waals surface area contributed by atoms with E-state index in [1.165, 1.54) is 0 Å². The maximum atomic E-state index is 14.3. The zero-order chi connectivity index (χ0) is 39.1. The summed E-state index contributed by atoms with van der Waals surface area (Å²) < 4.78 is 23.1. The number of hydrogen-bond acceptors (Lipinski definition) is 8. The molecule has 0 amide bonds. The molecule has 8 heteroatoms. The van der Waals surface area contributed by atoms with Crippen LogP contribution in [0.2, 0.25) is 0 Å². The fourth-order valence-electron chi connectivity index (χ4n) is 8.21. The number of fused-ring (bicyclic) bond motifs is 8. The fourth-order valence-corrected chi connectivity index (χ4v) is 8.21. The van der Waals surface area contributed by atoms with Gasteiger partial charge in [-0.1, -0.05) is 100 Å². The fraction of sp³-hybridized carbons (Fsp3) is 0.250. The van der Waals surface area contributed by atoms with Crippen LogP contribution in [0.4, 0.5) is 0 Å². The third-order valence-electron chi connectivity index (χ3n) is 10.4. The van der Waals surface area contributed by atoms with E-state index in [2.05, 4.69) is 12.1 Å². The van der Waals surface area contributed by atoms with Crippen LogP contribution in [0.1, 0.15) is 94.8 Å². The van der Waals surface area contributed by atoms with Crippen LogP contribution in [0, 0.1) is 0 Å². The van der Waals surface area contributed by atoms with E-state index in [4.69, 9.17) is 18.9 Å². The molecular formula is C48H42O8. The molecular weight excluding hydrogens is 705 g/mol. The maximum Gasteiger partial charge on any atom is 0.339 e. The molecule has 0 aliphatic carbocycles. The lowest BCUT2D eigenvalue weighted by Gasteiger charge is -2.22. The quantitative estimate of drug-likeness (QED) is 0.0526. The second-order valence-electron chi connectivity index (χ2n) is 14.2. The van der Waals surface area contributed by atoms with Gasteiger partial charge < -0.3 is 18.9 Å². The molecule has 0 bridgehead atoms. The summed E-state index contributed by atoms with van der Waals surface area (Å²) in [6, 6.07) is 27.3. The van der Waals surface area contributed by atoms with Crippen LogP contribution in [-0.4, -0.2) is 50.3 Å². The minimum Gasteiger partial charge on any atom is -0.462 e. The van der Waals surface area contributed by atoms with E-state index in [9.17, 15) is 19.2 Å². The molecule has 8 aromatic rings. The molecule has 0 heterocycles. The van der Waals surface area contributed by atoms with Gasteiger partial charge in [-0.2, -0.15) is 0 Å². The molecule has 0 unspecified atom stereocenters. The first-order valence-corrected chi connectivity index (χ1v) is 19.5. The van der Waals surface area contributed by atoms with Gasteiger partial charge in [-0.05, 0) is 102 Å². The summed E-state index contributed by atoms with van der Waals surface area (Å²) in [7, 11) is 0. The highest BCUT2D eigenvalue weighted by molar-refractivity contribution is 6.40. The number of benzene rings is 8. The summed E-state index contributed by atoms with van der Waals surface area (Å²) in [6.45, 7) is 8.45. The van der Waals surface area contributed by atoms with Crippen LogP contribution in [0.5, 0.6) is 0 Å². The second-order valence-corrected chi connectivity index (χ2v) is 14.2. The molecule has 0 saturated heterocycles. The number of rotatable bonds is 12. The predicted octanol–water partition coefficient (Wildman–Crippen LogP) is 11.5. The van der Waals surface area contributed by atoms with Gasteiger partial charge in [0.1, 0.15) is 0 Å². The lowest BCUT2D eigenvalue weighted by atomic mass is 9.82. The van der Waals surface area contributed by atoms with Crippen molar-refractivity contribution in [3.05, 3.63) is 107 Å². The van der Waals surface area contributed by atoms with Gasteiger partial charge in [0.05, 0.1) is 48.7 Å². The average molecular weight is 747 g/mol. The highest BCUT2D eigenvalue weighted by atomic mass is 16.5. The molecule has 8 aromatic carbocycles. The third kappa shape index (κ3) is 5.83. The SMILES string of the molecule is CCCOC(=O)c1c(C(=O)OCCC)c2c(cc3ccc4c5c(C(=O)OCCC)c(C(=O)OCCC)c6ccccc6c5cc5ccc2c3c54)c2ccccc12. The molecule has 56 heavy (non-hydrogen) atoms. The van der Waals surface area contributed by atoms with Crippen molar-refractivity contribution in [1.29, 1.82) is 0 Å². The molecule has 8 nitrogen and oxygen atoms in total. The zero-order valence-electron chi connectivity index (χ0n) is 32.0. The van der Waals surface area contributed by atoms with Crippen molar-refractivity contribution in [2.45, 2.75) is 53.4 Å². The van der Waals surface area contributed by atoms with Crippen LogP contribution < -0.4 is 0 Å². The molecule has 0 aliphatic heterocycles. The lowest BCUT2D eigenvalue weighted by molar-refractivity contribution is 0.0462. The highest BCUT2D eigenvalue weighted by Crippen LogP contribution is 2.47. The zero-order valence-corrected chi connectivity index (χ0v) is 32.0. The lowest BCUT2D eigenvalue weighted by Crippen LogP contribution is -2.17. The minimum atomic E-state index is -0.603. The van der Waals surface area contributed by atoms with Crippen molar-refractivity contribution in [3.63, 3.8) is 0 Å². The van der Waals surface area contributed by atoms with E-state index >= 15 is 0 Å². The Balaban J connectivity index is 1.58. The van der Waals surface area contributed by atoms with Crippen molar-refractivity contribution < 1.29 is 38.1 Å². The summed E-state index contributed by atoms with van der Waals surface area (Å²) in [4.78, 5) is 56.6. The normalized spacial score (nSPS) is 11.7. The third-order valence-corrected chi connectivity index (χ3v) is 10.4. The van der Waals surface area contributed by atoms with Crippen LogP contribution in [0.3, 0.4) is 0 Å². The number of hydrogen-bond donors (Lipinski definition) is 0. The van der Waals surface area contributed by atoms with Crippen LogP contribution in [0.15, 0.2) is 84.9 Å². The van der Waals surface area contributed by atoms with Crippen molar-refractivity contribution in [1.82, 2.24) is 0 Å². The van der Waals surface area contributed by atoms with Gasteiger partial charge in [-0.25, -0.2) is 19.2 Å². The van der Waals surface area contributed by atoms with Crippen molar-refractivity contribution in [2.75, 3.05) is 26.4 Å². The molecule has 0 spiro atoms. The standard InChI is InChI=1S/C48H42O8/c1-5-21-53-45(49)41-31-15-11-9-13-29(31)35-25-27-18-20-34-38-28(17-19-33(37(27)38)39(35)43(41)47(51)55-23-7-3)26-36-30-14-10-12-16-32(30)42(46(50)54-22-6-2)44(40(34)36)48(52)56-24-8-4/h9-20,25-26H,5-8,21-24H2,1-4H3. The molecule has 0 aliphatic rings. The number of ether oxygens (including phenoxy) is 4. The molecule has 0 radical (unpaired) electrons. The van der Waals surface area contributed by atoms with Crippen molar-refractivity contribution >= 4 is 99.3 Å².